The molecule has 2 atom stereocenters. The van der Waals surface area contributed by atoms with E-state index in [1.807, 2.05) is 12.1 Å². The molecule has 1 saturated heterocycles. The van der Waals surface area contributed by atoms with E-state index in [1.54, 1.807) is 12.4 Å². The molecule has 20 heavy (non-hydrogen) atoms. The monoisotopic (exact) mass is 336 g/mol. The van der Waals surface area contributed by atoms with Gasteiger partial charge in [0.25, 0.3) is 0 Å². The Balaban J connectivity index is 1.87. The van der Waals surface area contributed by atoms with Crippen molar-refractivity contribution in [1.82, 2.24) is 9.97 Å². The van der Waals surface area contributed by atoms with Gasteiger partial charge < -0.3 is 9.47 Å². The fourth-order valence-electron chi connectivity index (χ4n) is 2.70. The average Bonchev–Trinajstić information content (AvgIpc) is 2.37. The van der Waals surface area contributed by atoms with E-state index in [0.717, 1.165) is 34.1 Å². The number of pyridine rings is 2. The molecule has 1 aliphatic rings. The molecule has 0 aliphatic carbocycles. The number of rotatable bonds is 2. The second kappa shape index (κ2) is 5.66. The van der Waals surface area contributed by atoms with E-state index in [9.17, 15) is 0 Å². The molecule has 1 aliphatic heterocycles. The van der Waals surface area contributed by atoms with Gasteiger partial charge in [0, 0.05) is 35.8 Å². The Hall–Kier alpha value is -1.20. The van der Waals surface area contributed by atoms with Crippen molar-refractivity contribution in [3.63, 3.8) is 0 Å². The van der Waals surface area contributed by atoms with E-state index in [0.29, 0.717) is 0 Å². The minimum absolute atomic E-state index is 0.171. The quantitative estimate of drug-likeness (QED) is 0.838. The zero-order chi connectivity index (χ0) is 14.1. The number of fused-ring (bicyclic) bond motifs is 1. The summed E-state index contributed by atoms with van der Waals surface area (Å²) in [6, 6.07) is 3.83. The number of halogens is 1. The molecule has 0 bridgehead atoms. The molecule has 0 radical (unpaired) electrons. The standard InChI is InChI=1S/C15H17BrN2O2/c1-9-5-12(6-10(2)19-9)20-14-3-4-17-13-7-11(16)8-18-15(13)14/h3-4,7-10,12H,5-6H2,1-2H3. The van der Waals surface area contributed by atoms with E-state index in [-0.39, 0.29) is 18.3 Å². The van der Waals surface area contributed by atoms with Gasteiger partial charge in [0.05, 0.1) is 17.7 Å². The third-order valence-electron chi connectivity index (χ3n) is 3.46. The highest BCUT2D eigenvalue weighted by Gasteiger charge is 2.26. The van der Waals surface area contributed by atoms with Gasteiger partial charge in [-0.3, -0.25) is 4.98 Å². The molecule has 5 heteroatoms. The summed E-state index contributed by atoms with van der Waals surface area (Å²) in [6.07, 6.45) is 5.99. The lowest BCUT2D eigenvalue weighted by Gasteiger charge is -2.32. The van der Waals surface area contributed by atoms with E-state index in [4.69, 9.17) is 9.47 Å². The van der Waals surface area contributed by atoms with E-state index < -0.39 is 0 Å². The first-order valence-electron chi connectivity index (χ1n) is 6.84. The van der Waals surface area contributed by atoms with Gasteiger partial charge in [-0.15, -0.1) is 0 Å². The lowest BCUT2D eigenvalue weighted by Crippen LogP contribution is -2.35. The van der Waals surface area contributed by atoms with Crippen LogP contribution in [0.4, 0.5) is 0 Å². The number of nitrogens with zero attached hydrogens (tertiary/aromatic N) is 2. The van der Waals surface area contributed by atoms with Crippen molar-refractivity contribution >= 4 is 27.0 Å². The molecule has 4 nitrogen and oxygen atoms in total. The Labute approximate surface area is 126 Å². The van der Waals surface area contributed by atoms with Crippen LogP contribution in [0.5, 0.6) is 5.75 Å². The van der Waals surface area contributed by atoms with Gasteiger partial charge in [0.2, 0.25) is 0 Å². The van der Waals surface area contributed by atoms with Crippen molar-refractivity contribution in [2.24, 2.45) is 0 Å². The van der Waals surface area contributed by atoms with Crippen molar-refractivity contribution in [1.29, 1.82) is 0 Å². The normalized spacial score (nSPS) is 26.6. The summed E-state index contributed by atoms with van der Waals surface area (Å²) in [7, 11) is 0. The van der Waals surface area contributed by atoms with Crippen LogP contribution in [0.2, 0.25) is 0 Å². The van der Waals surface area contributed by atoms with E-state index >= 15 is 0 Å². The molecule has 0 saturated carbocycles. The van der Waals surface area contributed by atoms with Crippen molar-refractivity contribution in [2.75, 3.05) is 0 Å². The molecule has 0 spiro atoms. The summed E-state index contributed by atoms with van der Waals surface area (Å²) in [5.41, 5.74) is 1.65. The van der Waals surface area contributed by atoms with Crippen LogP contribution in [0.15, 0.2) is 29.0 Å². The average molecular weight is 337 g/mol. The van der Waals surface area contributed by atoms with Crippen LogP contribution in [-0.2, 0) is 4.74 Å². The summed E-state index contributed by atoms with van der Waals surface area (Å²) in [5, 5.41) is 0. The largest absolute Gasteiger partial charge is 0.488 e. The number of aromatic nitrogens is 2. The maximum atomic E-state index is 6.15. The molecule has 0 aromatic carbocycles. The molecule has 106 valence electrons. The van der Waals surface area contributed by atoms with Gasteiger partial charge in [-0.05, 0) is 35.8 Å². The minimum Gasteiger partial charge on any atom is -0.488 e. The Bertz CT molecular complexity index is 610. The third kappa shape index (κ3) is 2.94. The first kappa shape index (κ1) is 13.8. The predicted molar refractivity (Wildman–Crippen MR) is 80.9 cm³/mol. The minimum atomic E-state index is 0.171. The smallest absolute Gasteiger partial charge is 0.149 e. The highest BCUT2D eigenvalue weighted by molar-refractivity contribution is 9.10. The molecule has 2 aromatic heterocycles. The van der Waals surface area contributed by atoms with Crippen LogP contribution >= 0.6 is 15.9 Å². The molecule has 1 fully saturated rings. The Morgan fingerprint density at radius 2 is 2.00 bits per heavy atom. The zero-order valence-electron chi connectivity index (χ0n) is 11.5. The van der Waals surface area contributed by atoms with Gasteiger partial charge in [0.15, 0.2) is 0 Å². The molecule has 2 unspecified atom stereocenters. The predicted octanol–water partition coefficient (Wildman–Crippen LogP) is 3.73. The summed E-state index contributed by atoms with van der Waals surface area (Å²) in [5.74, 6) is 0.800. The SMILES string of the molecule is CC1CC(Oc2ccnc3cc(Br)cnc23)CC(C)O1. The maximum Gasteiger partial charge on any atom is 0.149 e. The maximum absolute atomic E-state index is 6.15. The summed E-state index contributed by atoms with van der Waals surface area (Å²) < 4.78 is 12.8. The first-order chi connectivity index (χ1) is 9.61. The van der Waals surface area contributed by atoms with Crippen LogP contribution in [0.1, 0.15) is 26.7 Å². The highest BCUT2D eigenvalue weighted by Crippen LogP contribution is 2.28. The number of ether oxygens (including phenoxy) is 2. The summed E-state index contributed by atoms with van der Waals surface area (Å²) in [6.45, 7) is 4.18. The van der Waals surface area contributed by atoms with Gasteiger partial charge in [0.1, 0.15) is 17.4 Å². The molecule has 3 heterocycles. The summed E-state index contributed by atoms with van der Waals surface area (Å²) >= 11 is 3.41. The van der Waals surface area contributed by atoms with Crippen molar-refractivity contribution < 1.29 is 9.47 Å². The van der Waals surface area contributed by atoms with Crippen LogP contribution in [0.25, 0.3) is 11.0 Å². The van der Waals surface area contributed by atoms with Crippen LogP contribution < -0.4 is 4.74 Å². The van der Waals surface area contributed by atoms with E-state index in [2.05, 4.69) is 39.7 Å². The Morgan fingerprint density at radius 3 is 2.75 bits per heavy atom. The van der Waals surface area contributed by atoms with Gasteiger partial charge in [-0.1, -0.05) is 0 Å². The van der Waals surface area contributed by atoms with E-state index in [1.165, 1.54) is 0 Å². The highest BCUT2D eigenvalue weighted by atomic mass is 79.9. The molecule has 2 aromatic rings. The fourth-order valence-corrected chi connectivity index (χ4v) is 3.02. The van der Waals surface area contributed by atoms with Crippen molar-refractivity contribution in [3.8, 4) is 5.75 Å². The van der Waals surface area contributed by atoms with Crippen LogP contribution in [-0.4, -0.2) is 28.3 Å². The first-order valence-corrected chi connectivity index (χ1v) is 7.63. The van der Waals surface area contributed by atoms with Gasteiger partial charge in [-0.2, -0.15) is 0 Å². The van der Waals surface area contributed by atoms with Crippen LogP contribution in [0.3, 0.4) is 0 Å². The molecule has 0 amide bonds. The molecule has 3 rings (SSSR count). The molecule has 0 N–H and O–H groups in total. The summed E-state index contributed by atoms with van der Waals surface area (Å²) in [4.78, 5) is 8.75. The number of hydrogen-bond donors (Lipinski definition) is 0. The molecular formula is C15H17BrN2O2. The fraction of sp³-hybridized carbons (Fsp3) is 0.467. The lowest BCUT2D eigenvalue weighted by molar-refractivity contribution is -0.0719. The van der Waals surface area contributed by atoms with Crippen molar-refractivity contribution in [2.45, 2.75) is 45.0 Å². The van der Waals surface area contributed by atoms with Crippen LogP contribution in [0, 0.1) is 0 Å². The Kier molecular flexibility index (Phi) is 3.89. The zero-order valence-corrected chi connectivity index (χ0v) is 13.1. The van der Waals surface area contributed by atoms with Gasteiger partial charge >= 0.3 is 0 Å². The molecular weight excluding hydrogens is 320 g/mol. The second-order valence-corrected chi connectivity index (χ2v) is 6.21. The number of hydrogen-bond acceptors (Lipinski definition) is 4. The topological polar surface area (TPSA) is 44.2 Å². The van der Waals surface area contributed by atoms with Gasteiger partial charge in [-0.25, -0.2) is 4.98 Å². The third-order valence-corrected chi connectivity index (χ3v) is 3.89. The Morgan fingerprint density at radius 1 is 1.25 bits per heavy atom. The van der Waals surface area contributed by atoms with Crippen molar-refractivity contribution in [3.05, 3.63) is 29.0 Å². The second-order valence-electron chi connectivity index (χ2n) is 5.30. The lowest BCUT2D eigenvalue weighted by atomic mass is 10.0.